The molecule has 2 heterocycles. The molecule has 0 aromatic heterocycles. The second-order valence-corrected chi connectivity index (χ2v) is 6.27. The Morgan fingerprint density at radius 2 is 2.14 bits per heavy atom. The van der Waals surface area contributed by atoms with Crippen LogP contribution in [0.5, 0.6) is 0 Å². The summed E-state index contributed by atoms with van der Waals surface area (Å²) in [7, 11) is 0. The maximum absolute atomic E-state index is 12.2. The number of hydrogen-bond donors (Lipinski definition) is 0. The van der Waals surface area contributed by atoms with Crippen LogP contribution in [-0.2, 0) is 16.1 Å². The fourth-order valence-corrected chi connectivity index (χ4v) is 3.12. The number of fused-ring (bicyclic) bond motifs is 1. The van der Waals surface area contributed by atoms with Gasteiger partial charge in [0.2, 0.25) is 5.84 Å². The standard InChI is InChI=1S/C17H22N2O2/c1-12(2)14-8-15-9-18-16(19(15)10-14)17(20)21-11-13-6-4-3-5-7-13/h3-7,12,14-15H,8-11H2,1-2H3. The molecule has 0 N–H and O–H groups in total. The Kier molecular flexibility index (Phi) is 3.95. The SMILES string of the molecule is CC(C)C1CC2CN=C(C(=O)OCc3ccccc3)N2C1. The zero-order valence-electron chi connectivity index (χ0n) is 12.7. The van der Waals surface area contributed by atoms with E-state index in [0.29, 0.717) is 30.3 Å². The van der Waals surface area contributed by atoms with E-state index in [1.54, 1.807) is 0 Å². The Bertz CT molecular complexity index is 539. The van der Waals surface area contributed by atoms with Gasteiger partial charge in [0, 0.05) is 6.54 Å². The molecule has 112 valence electrons. The number of carbonyl (C=O) groups excluding carboxylic acids is 1. The number of aliphatic imine (C=N–C) groups is 1. The van der Waals surface area contributed by atoms with E-state index in [1.165, 1.54) is 0 Å². The lowest BCUT2D eigenvalue weighted by molar-refractivity contribution is -0.137. The third-order valence-electron chi connectivity index (χ3n) is 4.51. The van der Waals surface area contributed by atoms with Crippen molar-refractivity contribution in [2.75, 3.05) is 13.1 Å². The summed E-state index contributed by atoms with van der Waals surface area (Å²) in [5.74, 6) is 1.55. The molecule has 0 saturated carbocycles. The quantitative estimate of drug-likeness (QED) is 0.799. The molecule has 1 aromatic rings. The van der Waals surface area contributed by atoms with Crippen LogP contribution in [0.15, 0.2) is 35.3 Å². The molecule has 4 heteroatoms. The van der Waals surface area contributed by atoms with Crippen molar-refractivity contribution in [3.8, 4) is 0 Å². The summed E-state index contributed by atoms with van der Waals surface area (Å²) in [6.45, 7) is 6.47. The molecular formula is C17H22N2O2. The van der Waals surface area contributed by atoms with Crippen LogP contribution >= 0.6 is 0 Å². The van der Waals surface area contributed by atoms with Gasteiger partial charge in [0.15, 0.2) is 0 Å². The molecule has 0 spiro atoms. The van der Waals surface area contributed by atoms with E-state index in [1.807, 2.05) is 30.3 Å². The molecule has 4 nitrogen and oxygen atoms in total. The highest BCUT2D eigenvalue weighted by Crippen LogP contribution is 2.32. The first-order valence-corrected chi connectivity index (χ1v) is 7.67. The van der Waals surface area contributed by atoms with Gasteiger partial charge in [-0.25, -0.2) is 4.79 Å². The van der Waals surface area contributed by atoms with Crippen LogP contribution in [0.1, 0.15) is 25.8 Å². The summed E-state index contributed by atoms with van der Waals surface area (Å²) in [5, 5.41) is 0. The van der Waals surface area contributed by atoms with Crippen molar-refractivity contribution in [3.05, 3.63) is 35.9 Å². The molecule has 2 aliphatic heterocycles. The summed E-state index contributed by atoms with van der Waals surface area (Å²) in [6.07, 6.45) is 1.14. The molecule has 0 radical (unpaired) electrons. The average molecular weight is 286 g/mol. The Balaban J connectivity index is 1.58. The number of nitrogens with zero attached hydrogens (tertiary/aromatic N) is 2. The number of benzene rings is 1. The van der Waals surface area contributed by atoms with Crippen molar-refractivity contribution >= 4 is 11.8 Å². The number of amidine groups is 1. The Morgan fingerprint density at radius 3 is 2.86 bits per heavy atom. The normalized spacial score (nSPS) is 24.1. The molecule has 1 aromatic carbocycles. The number of ether oxygens (including phenoxy) is 1. The molecule has 0 amide bonds. The lowest BCUT2D eigenvalue weighted by Gasteiger charge is -2.19. The van der Waals surface area contributed by atoms with Crippen molar-refractivity contribution in [2.24, 2.45) is 16.8 Å². The van der Waals surface area contributed by atoms with Gasteiger partial charge < -0.3 is 9.64 Å². The van der Waals surface area contributed by atoms with E-state index >= 15 is 0 Å². The maximum atomic E-state index is 12.2. The lowest BCUT2D eigenvalue weighted by atomic mass is 9.93. The molecule has 2 unspecified atom stereocenters. The van der Waals surface area contributed by atoms with Gasteiger partial charge in [-0.3, -0.25) is 4.99 Å². The minimum Gasteiger partial charge on any atom is -0.455 e. The molecule has 1 saturated heterocycles. The highest BCUT2D eigenvalue weighted by molar-refractivity contribution is 6.35. The molecule has 21 heavy (non-hydrogen) atoms. The van der Waals surface area contributed by atoms with Gasteiger partial charge in [-0.2, -0.15) is 0 Å². The van der Waals surface area contributed by atoms with Crippen molar-refractivity contribution in [1.29, 1.82) is 0 Å². The topological polar surface area (TPSA) is 41.9 Å². The predicted molar refractivity (Wildman–Crippen MR) is 82.0 cm³/mol. The van der Waals surface area contributed by atoms with Crippen LogP contribution < -0.4 is 0 Å². The summed E-state index contributed by atoms with van der Waals surface area (Å²) >= 11 is 0. The largest absolute Gasteiger partial charge is 0.455 e. The van der Waals surface area contributed by atoms with Gasteiger partial charge in [-0.1, -0.05) is 44.2 Å². The highest BCUT2D eigenvalue weighted by atomic mass is 16.5. The molecule has 2 aliphatic rings. The van der Waals surface area contributed by atoms with Gasteiger partial charge in [-0.05, 0) is 23.8 Å². The third kappa shape index (κ3) is 2.94. The van der Waals surface area contributed by atoms with E-state index in [2.05, 4.69) is 23.7 Å². The summed E-state index contributed by atoms with van der Waals surface area (Å²) in [5.41, 5.74) is 1.00. The van der Waals surface area contributed by atoms with Crippen LogP contribution in [0.4, 0.5) is 0 Å². The monoisotopic (exact) mass is 286 g/mol. The van der Waals surface area contributed by atoms with Crippen LogP contribution in [0.3, 0.4) is 0 Å². The van der Waals surface area contributed by atoms with Crippen LogP contribution in [0.25, 0.3) is 0 Å². The van der Waals surface area contributed by atoms with Crippen molar-refractivity contribution in [1.82, 2.24) is 4.90 Å². The summed E-state index contributed by atoms with van der Waals surface area (Å²) in [6, 6.07) is 10.2. The average Bonchev–Trinajstić information content (AvgIpc) is 3.06. The second-order valence-electron chi connectivity index (χ2n) is 6.27. The van der Waals surface area contributed by atoms with Gasteiger partial charge in [0.05, 0.1) is 12.6 Å². The van der Waals surface area contributed by atoms with Gasteiger partial charge in [-0.15, -0.1) is 0 Å². The van der Waals surface area contributed by atoms with Gasteiger partial charge in [0.1, 0.15) is 6.61 Å². The molecule has 3 rings (SSSR count). The Morgan fingerprint density at radius 1 is 1.38 bits per heavy atom. The minimum absolute atomic E-state index is 0.286. The maximum Gasteiger partial charge on any atom is 0.374 e. The summed E-state index contributed by atoms with van der Waals surface area (Å²) < 4.78 is 5.40. The Hall–Kier alpha value is -1.84. The molecule has 1 fully saturated rings. The first-order chi connectivity index (χ1) is 10.1. The van der Waals surface area contributed by atoms with E-state index in [-0.39, 0.29) is 5.97 Å². The van der Waals surface area contributed by atoms with Gasteiger partial charge in [0.25, 0.3) is 0 Å². The van der Waals surface area contributed by atoms with Crippen LogP contribution in [-0.4, -0.2) is 35.8 Å². The molecule has 0 aliphatic carbocycles. The molecule has 0 bridgehead atoms. The minimum atomic E-state index is -0.286. The smallest absolute Gasteiger partial charge is 0.374 e. The zero-order chi connectivity index (χ0) is 14.8. The Labute approximate surface area is 125 Å². The van der Waals surface area contributed by atoms with Crippen molar-refractivity contribution in [3.63, 3.8) is 0 Å². The highest BCUT2D eigenvalue weighted by Gasteiger charge is 2.41. The van der Waals surface area contributed by atoms with Crippen LogP contribution in [0, 0.1) is 11.8 Å². The van der Waals surface area contributed by atoms with E-state index in [4.69, 9.17) is 4.74 Å². The van der Waals surface area contributed by atoms with Gasteiger partial charge >= 0.3 is 5.97 Å². The fourth-order valence-electron chi connectivity index (χ4n) is 3.12. The lowest BCUT2D eigenvalue weighted by Crippen LogP contribution is -2.37. The zero-order valence-corrected chi connectivity index (χ0v) is 12.7. The van der Waals surface area contributed by atoms with E-state index < -0.39 is 0 Å². The van der Waals surface area contributed by atoms with Crippen molar-refractivity contribution < 1.29 is 9.53 Å². The second kappa shape index (κ2) is 5.88. The first kappa shape index (κ1) is 14.1. The van der Waals surface area contributed by atoms with E-state index in [9.17, 15) is 4.79 Å². The molecular weight excluding hydrogens is 264 g/mol. The number of hydrogen-bond acceptors (Lipinski definition) is 4. The molecule has 2 atom stereocenters. The third-order valence-corrected chi connectivity index (χ3v) is 4.51. The summed E-state index contributed by atoms with van der Waals surface area (Å²) in [4.78, 5) is 18.8. The van der Waals surface area contributed by atoms with E-state index in [0.717, 1.165) is 25.1 Å². The number of esters is 1. The first-order valence-electron chi connectivity index (χ1n) is 7.67. The number of carbonyl (C=O) groups is 1. The predicted octanol–water partition coefficient (Wildman–Crippen LogP) is 2.49. The van der Waals surface area contributed by atoms with Crippen molar-refractivity contribution in [2.45, 2.75) is 32.9 Å². The number of rotatable bonds is 4. The fraction of sp³-hybridized carbons (Fsp3) is 0.529. The van der Waals surface area contributed by atoms with Crippen LogP contribution in [0.2, 0.25) is 0 Å².